The number of para-hydroxylation sites is 1. The molecule has 19 heavy (non-hydrogen) atoms. The fourth-order valence-electron chi connectivity index (χ4n) is 1.63. The number of halogens is 3. The SMILES string of the molecule is NC(COc1ccccc1Cl)c1ccc(F)cc1F. The highest BCUT2D eigenvalue weighted by Crippen LogP contribution is 2.24. The lowest BCUT2D eigenvalue weighted by atomic mass is 10.1. The minimum absolute atomic E-state index is 0.0479. The van der Waals surface area contributed by atoms with E-state index in [2.05, 4.69) is 0 Å². The van der Waals surface area contributed by atoms with Gasteiger partial charge in [0.25, 0.3) is 0 Å². The van der Waals surface area contributed by atoms with E-state index in [1.807, 2.05) is 0 Å². The van der Waals surface area contributed by atoms with Crippen LogP contribution in [-0.4, -0.2) is 6.61 Å². The first-order chi connectivity index (χ1) is 9.08. The lowest BCUT2D eigenvalue weighted by molar-refractivity contribution is 0.288. The molecule has 100 valence electrons. The van der Waals surface area contributed by atoms with Crippen molar-refractivity contribution in [2.45, 2.75) is 6.04 Å². The van der Waals surface area contributed by atoms with E-state index in [4.69, 9.17) is 22.1 Å². The van der Waals surface area contributed by atoms with Gasteiger partial charge in [-0.25, -0.2) is 8.78 Å². The molecule has 1 atom stereocenters. The van der Waals surface area contributed by atoms with E-state index in [0.717, 1.165) is 12.1 Å². The van der Waals surface area contributed by atoms with Gasteiger partial charge < -0.3 is 10.5 Å². The van der Waals surface area contributed by atoms with Gasteiger partial charge in [-0.15, -0.1) is 0 Å². The molecule has 0 radical (unpaired) electrons. The van der Waals surface area contributed by atoms with E-state index in [-0.39, 0.29) is 12.2 Å². The van der Waals surface area contributed by atoms with Crippen molar-refractivity contribution in [2.75, 3.05) is 6.61 Å². The second kappa shape index (κ2) is 5.99. The van der Waals surface area contributed by atoms with Crippen molar-refractivity contribution >= 4 is 11.6 Å². The van der Waals surface area contributed by atoms with Crippen LogP contribution in [0.3, 0.4) is 0 Å². The highest BCUT2D eigenvalue weighted by Gasteiger charge is 2.13. The average molecular weight is 284 g/mol. The Hall–Kier alpha value is -1.65. The molecule has 2 aromatic rings. The summed E-state index contributed by atoms with van der Waals surface area (Å²) in [5.41, 5.74) is 6.02. The van der Waals surface area contributed by atoms with Crippen LogP contribution in [0.1, 0.15) is 11.6 Å². The van der Waals surface area contributed by atoms with Gasteiger partial charge in [0.1, 0.15) is 24.0 Å². The normalized spacial score (nSPS) is 12.2. The Morgan fingerprint density at radius 3 is 2.58 bits per heavy atom. The number of hydrogen-bond acceptors (Lipinski definition) is 2. The van der Waals surface area contributed by atoms with Crippen molar-refractivity contribution < 1.29 is 13.5 Å². The Morgan fingerprint density at radius 2 is 1.89 bits per heavy atom. The molecule has 2 rings (SSSR count). The molecule has 2 N–H and O–H groups in total. The molecule has 0 aliphatic rings. The Bertz CT molecular complexity index is 577. The van der Waals surface area contributed by atoms with Gasteiger partial charge >= 0.3 is 0 Å². The topological polar surface area (TPSA) is 35.2 Å². The smallest absolute Gasteiger partial charge is 0.137 e. The summed E-state index contributed by atoms with van der Waals surface area (Å²) in [6, 6.07) is 9.48. The van der Waals surface area contributed by atoms with E-state index in [0.29, 0.717) is 10.8 Å². The number of ether oxygens (including phenoxy) is 1. The third-order valence-corrected chi connectivity index (χ3v) is 2.93. The Labute approximate surface area is 114 Å². The van der Waals surface area contributed by atoms with Crippen LogP contribution < -0.4 is 10.5 Å². The van der Waals surface area contributed by atoms with Crippen LogP contribution >= 0.6 is 11.6 Å². The molecule has 0 amide bonds. The molecule has 5 heteroatoms. The van der Waals surface area contributed by atoms with Crippen molar-refractivity contribution in [2.24, 2.45) is 5.73 Å². The zero-order chi connectivity index (χ0) is 13.8. The fourth-order valence-corrected chi connectivity index (χ4v) is 1.82. The van der Waals surface area contributed by atoms with Gasteiger partial charge in [-0.2, -0.15) is 0 Å². The van der Waals surface area contributed by atoms with Crippen LogP contribution in [0, 0.1) is 11.6 Å². The summed E-state index contributed by atoms with van der Waals surface area (Å²) < 4.78 is 31.7. The summed E-state index contributed by atoms with van der Waals surface area (Å²) in [6.07, 6.45) is 0. The summed E-state index contributed by atoms with van der Waals surface area (Å²) >= 11 is 5.92. The van der Waals surface area contributed by atoms with E-state index >= 15 is 0 Å². The molecule has 0 saturated heterocycles. The van der Waals surface area contributed by atoms with Crippen molar-refractivity contribution in [3.05, 3.63) is 64.7 Å². The molecule has 0 bridgehead atoms. The van der Waals surface area contributed by atoms with Crippen LogP contribution in [-0.2, 0) is 0 Å². The minimum atomic E-state index is -0.697. The van der Waals surface area contributed by atoms with E-state index in [9.17, 15) is 8.78 Å². The van der Waals surface area contributed by atoms with E-state index < -0.39 is 17.7 Å². The molecular formula is C14H12ClF2NO. The van der Waals surface area contributed by atoms with Crippen molar-refractivity contribution in [3.8, 4) is 5.75 Å². The van der Waals surface area contributed by atoms with Crippen LogP contribution in [0.4, 0.5) is 8.78 Å². The second-order valence-electron chi connectivity index (χ2n) is 4.01. The highest BCUT2D eigenvalue weighted by molar-refractivity contribution is 6.32. The molecule has 0 aliphatic carbocycles. The zero-order valence-electron chi connectivity index (χ0n) is 9.95. The number of benzene rings is 2. The van der Waals surface area contributed by atoms with E-state index in [1.54, 1.807) is 24.3 Å². The summed E-state index contributed by atoms with van der Waals surface area (Å²) in [7, 11) is 0. The summed E-state index contributed by atoms with van der Waals surface area (Å²) in [6.45, 7) is 0.0479. The fraction of sp³-hybridized carbons (Fsp3) is 0.143. The van der Waals surface area contributed by atoms with Crippen LogP contribution in [0.5, 0.6) is 5.75 Å². The minimum Gasteiger partial charge on any atom is -0.490 e. The second-order valence-corrected chi connectivity index (χ2v) is 4.42. The molecule has 0 saturated carbocycles. The van der Waals surface area contributed by atoms with Gasteiger partial charge in [-0.3, -0.25) is 0 Å². The van der Waals surface area contributed by atoms with E-state index in [1.165, 1.54) is 6.07 Å². The first-order valence-corrected chi connectivity index (χ1v) is 6.03. The molecule has 0 spiro atoms. The van der Waals surface area contributed by atoms with Gasteiger partial charge in [-0.1, -0.05) is 29.8 Å². The predicted octanol–water partition coefficient (Wildman–Crippen LogP) is 3.70. The molecule has 0 aliphatic heterocycles. The summed E-state index contributed by atoms with van der Waals surface area (Å²) in [4.78, 5) is 0. The van der Waals surface area contributed by atoms with Crippen molar-refractivity contribution in [1.29, 1.82) is 0 Å². The molecule has 0 heterocycles. The summed E-state index contributed by atoms with van der Waals surface area (Å²) in [5, 5.41) is 0.453. The molecule has 2 aromatic carbocycles. The van der Waals surface area contributed by atoms with Crippen molar-refractivity contribution in [1.82, 2.24) is 0 Å². The standard InChI is InChI=1S/C14H12ClF2NO/c15-11-3-1-2-4-14(11)19-8-13(18)10-6-5-9(16)7-12(10)17/h1-7,13H,8,18H2. The van der Waals surface area contributed by atoms with Crippen LogP contribution in [0.2, 0.25) is 5.02 Å². The summed E-state index contributed by atoms with van der Waals surface area (Å²) in [5.74, 6) is -0.849. The Morgan fingerprint density at radius 1 is 1.16 bits per heavy atom. The quantitative estimate of drug-likeness (QED) is 0.929. The average Bonchev–Trinajstić information content (AvgIpc) is 2.37. The maximum Gasteiger partial charge on any atom is 0.137 e. The predicted molar refractivity (Wildman–Crippen MR) is 70.2 cm³/mol. The third kappa shape index (κ3) is 3.43. The first kappa shape index (κ1) is 13.8. The van der Waals surface area contributed by atoms with Crippen molar-refractivity contribution in [3.63, 3.8) is 0 Å². The van der Waals surface area contributed by atoms with Gasteiger partial charge in [0.2, 0.25) is 0 Å². The molecule has 0 fully saturated rings. The Kier molecular flexibility index (Phi) is 4.35. The highest BCUT2D eigenvalue weighted by atomic mass is 35.5. The van der Waals surface area contributed by atoms with Gasteiger partial charge in [-0.05, 0) is 18.2 Å². The number of hydrogen-bond donors (Lipinski definition) is 1. The molecule has 2 nitrogen and oxygen atoms in total. The third-order valence-electron chi connectivity index (χ3n) is 2.62. The number of nitrogens with two attached hydrogens (primary N) is 1. The Balaban J connectivity index is 2.05. The zero-order valence-corrected chi connectivity index (χ0v) is 10.7. The number of rotatable bonds is 4. The largest absolute Gasteiger partial charge is 0.490 e. The lowest BCUT2D eigenvalue weighted by Gasteiger charge is -2.15. The molecular weight excluding hydrogens is 272 g/mol. The van der Waals surface area contributed by atoms with Crippen LogP contribution in [0.25, 0.3) is 0 Å². The lowest BCUT2D eigenvalue weighted by Crippen LogP contribution is -2.20. The first-order valence-electron chi connectivity index (χ1n) is 5.66. The molecule has 0 aromatic heterocycles. The van der Waals surface area contributed by atoms with Gasteiger partial charge in [0.15, 0.2) is 0 Å². The maximum absolute atomic E-state index is 13.5. The van der Waals surface area contributed by atoms with Gasteiger partial charge in [0, 0.05) is 11.6 Å². The van der Waals surface area contributed by atoms with Gasteiger partial charge in [0.05, 0.1) is 11.1 Å². The molecule has 1 unspecified atom stereocenters. The van der Waals surface area contributed by atoms with Crippen LogP contribution in [0.15, 0.2) is 42.5 Å². The maximum atomic E-state index is 13.5. The monoisotopic (exact) mass is 283 g/mol.